The Labute approximate surface area is 253 Å². The Balaban J connectivity index is 1.33. The van der Waals surface area contributed by atoms with E-state index in [4.69, 9.17) is 24.2 Å². The van der Waals surface area contributed by atoms with Crippen LogP contribution in [0.2, 0.25) is 6.32 Å². The Morgan fingerprint density at radius 2 is 1.74 bits per heavy atom. The van der Waals surface area contributed by atoms with Gasteiger partial charge in [0.1, 0.15) is 17.2 Å². The van der Waals surface area contributed by atoms with E-state index in [1.165, 1.54) is 22.7 Å². The molecular formula is C31H40BFN2O7S. The number of hydrogen-bond acceptors (Lipinski definition) is 7. The van der Waals surface area contributed by atoms with Crippen LogP contribution in [0.3, 0.4) is 0 Å². The Morgan fingerprint density at radius 3 is 2.33 bits per heavy atom. The molecule has 0 bridgehead atoms. The molecule has 2 heterocycles. The number of nitrogens with zero attached hydrogens (tertiary/aromatic N) is 1. The third-order valence-corrected chi connectivity index (χ3v) is 9.77. The highest BCUT2D eigenvalue weighted by molar-refractivity contribution is 7.92. The first-order valence-corrected chi connectivity index (χ1v) is 16.6. The number of primary amides is 1. The average Bonchev–Trinajstić information content (AvgIpc) is 3.64. The number of halogens is 1. The summed E-state index contributed by atoms with van der Waals surface area (Å²) in [4.78, 5) is 12.6. The smallest absolute Gasteiger partial charge is 0.457 e. The largest absolute Gasteiger partial charge is 0.460 e. The summed E-state index contributed by atoms with van der Waals surface area (Å²) in [5, 5.41) is 0.544. The number of rotatable bonds is 13. The molecule has 0 radical (unpaired) electrons. The van der Waals surface area contributed by atoms with Crippen molar-refractivity contribution in [3.63, 3.8) is 0 Å². The summed E-state index contributed by atoms with van der Waals surface area (Å²) < 4.78 is 64.9. The topological polar surface area (TPSA) is 121 Å². The van der Waals surface area contributed by atoms with E-state index in [1.54, 1.807) is 18.2 Å². The fourth-order valence-electron chi connectivity index (χ4n) is 5.47. The van der Waals surface area contributed by atoms with Gasteiger partial charge in [0.15, 0.2) is 0 Å². The van der Waals surface area contributed by atoms with Crippen molar-refractivity contribution in [1.29, 1.82) is 0 Å². The maximum absolute atomic E-state index is 13.4. The number of benzene rings is 2. The second-order valence-corrected chi connectivity index (χ2v) is 14.4. The van der Waals surface area contributed by atoms with Crippen molar-refractivity contribution in [1.82, 2.24) is 0 Å². The first-order chi connectivity index (χ1) is 20.2. The molecule has 2 fully saturated rings. The third-order valence-electron chi connectivity index (χ3n) is 8.59. The van der Waals surface area contributed by atoms with Crippen LogP contribution in [-0.4, -0.2) is 58.7 Å². The first-order valence-electron chi connectivity index (χ1n) is 14.7. The van der Waals surface area contributed by atoms with Gasteiger partial charge in [0.2, 0.25) is 10.0 Å². The van der Waals surface area contributed by atoms with Crippen LogP contribution in [0.15, 0.2) is 40.8 Å². The minimum Gasteiger partial charge on any atom is -0.460 e. The molecule has 2 aromatic carbocycles. The van der Waals surface area contributed by atoms with Crippen LogP contribution >= 0.6 is 0 Å². The van der Waals surface area contributed by atoms with Crippen molar-refractivity contribution in [2.75, 3.05) is 30.3 Å². The van der Waals surface area contributed by atoms with Gasteiger partial charge >= 0.3 is 7.12 Å². The van der Waals surface area contributed by atoms with E-state index in [2.05, 4.69) is 0 Å². The molecule has 1 aromatic heterocycles. The number of carbonyl (C=O) groups excluding carboxylic acids is 1. The van der Waals surface area contributed by atoms with Crippen LogP contribution < -0.4 is 10.0 Å². The van der Waals surface area contributed by atoms with Crippen molar-refractivity contribution >= 4 is 39.7 Å². The van der Waals surface area contributed by atoms with E-state index in [0.29, 0.717) is 41.8 Å². The summed E-state index contributed by atoms with van der Waals surface area (Å²) in [6.45, 7) is 8.80. The van der Waals surface area contributed by atoms with E-state index < -0.39 is 15.9 Å². The number of sulfonamides is 1. The average molecular weight is 615 g/mol. The monoisotopic (exact) mass is 614 g/mol. The van der Waals surface area contributed by atoms with E-state index in [-0.39, 0.29) is 55.2 Å². The second-order valence-electron chi connectivity index (χ2n) is 12.5. The maximum Gasteiger partial charge on any atom is 0.457 e. The Morgan fingerprint density at radius 1 is 1.09 bits per heavy atom. The molecule has 0 spiro atoms. The highest BCUT2D eigenvalue weighted by Crippen LogP contribution is 2.47. The van der Waals surface area contributed by atoms with Crippen LogP contribution in [0.1, 0.15) is 80.1 Å². The van der Waals surface area contributed by atoms with Crippen LogP contribution in [0.4, 0.5) is 10.1 Å². The Kier molecular flexibility index (Phi) is 8.70. The minimum atomic E-state index is -3.67. The first kappa shape index (κ1) is 31.5. The number of fused-ring (bicyclic) bond motifs is 1. The molecule has 5 rings (SSSR count). The molecule has 43 heavy (non-hydrogen) atoms. The fraction of sp³-hybridized carbons (Fsp3) is 0.516. The maximum atomic E-state index is 13.4. The van der Waals surface area contributed by atoms with Crippen molar-refractivity contribution in [3.05, 3.63) is 64.7 Å². The van der Waals surface area contributed by atoms with Crippen molar-refractivity contribution in [3.8, 4) is 0 Å². The normalized spacial score (nSPS) is 18.0. The highest BCUT2D eigenvalue weighted by Gasteiger charge is 2.50. The highest BCUT2D eigenvalue weighted by atomic mass is 32.2. The molecule has 0 atom stereocenters. The standard InChI is InChI=1S/C31H40BFN2O7S/c1-30(2)31(3,4)42-32(41-30)13-6-15-39-16-14-35(43(5,37)38)25-19-26-24(18-23(25)21-9-10-21)28(29(34)36)27(40-26)17-20-7-11-22(33)12-8-20/h7-8,11-12,18-19,21H,6,9-10,13-17H2,1-5H3,(H2,34,36). The molecule has 232 valence electrons. The van der Waals surface area contributed by atoms with Crippen molar-refractivity contribution < 1.29 is 36.1 Å². The lowest BCUT2D eigenvalue weighted by atomic mass is 9.83. The SMILES string of the molecule is CC1(C)OB(CCCOCCN(c2cc3oc(Cc4ccc(F)cc4)c(C(N)=O)c3cc2C2CC2)S(C)(=O)=O)OC1(C)C. The van der Waals surface area contributed by atoms with Gasteiger partial charge in [0.25, 0.3) is 5.91 Å². The molecular weight excluding hydrogens is 574 g/mol. The van der Waals surface area contributed by atoms with Gasteiger partial charge in [-0.2, -0.15) is 0 Å². The number of nitrogens with two attached hydrogens (primary N) is 1. The minimum absolute atomic E-state index is 0.117. The van der Waals surface area contributed by atoms with Gasteiger partial charge in [-0.15, -0.1) is 0 Å². The molecule has 1 saturated carbocycles. The van der Waals surface area contributed by atoms with E-state index in [1.807, 2.05) is 33.8 Å². The molecule has 1 saturated heterocycles. The summed E-state index contributed by atoms with van der Waals surface area (Å²) in [6.07, 6.45) is 4.61. The van der Waals surface area contributed by atoms with Gasteiger partial charge in [0.05, 0.1) is 41.9 Å². The van der Waals surface area contributed by atoms with E-state index in [0.717, 1.165) is 24.0 Å². The summed E-state index contributed by atoms with van der Waals surface area (Å²) >= 11 is 0. The van der Waals surface area contributed by atoms with Crippen molar-refractivity contribution in [2.24, 2.45) is 5.73 Å². The van der Waals surface area contributed by atoms with Crippen molar-refractivity contribution in [2.45, 2.75) is 76.8 Å². The quantitative estimate of drug-likeness (QED) is 0.202. The lowest BCUT2D eigenvalue weighted by Gasteiger charge is -2.32. The zero-order chi connectivity index (χ0) is 31.2. The Hall–Kier alpha value is -2.93. The Bertz CT molecular complexity index is 1580. The zero-order valence-electron chi connectivity index (χ0n) is 25.4. The van der Waals surface area contributed by atoms with Crippen LogP contribution in [0.5, 0.6) is 0 Å². The molecule has 12 heteroatoms. The number of hydrogen-bond donors (Lipinski definition) is 1. The summed E-state index contributed by atoms with van der Waals surface area (Å²) in [6, 6.07) is 9.45. The fourth-order valence-corrected chi connectivity index (χ4v) is 6.39. The lowest BCUT2D eigenvalue weighted by Crippen LogP contribution is -2.41. The number of amides is 1. The predicted octanol–water partition coefficient (Wildman–Crippen LogP) is 5.40. The molecule has 3 aromatic rings. The zero-order valence-corrected chi connectivity index (χ0v) is 26.3. The molecule has 0 unspecified atom stereocenters. The second kappa shape index (κ2) is 11.9. The lowest BCUT2D eigenvalue weighted by molar-refractivity contribution is 0.00578. The third kappa shape index (κ3) is 6.92. The predicted molar refractivity (Wildman–Crippen MR) is 164 cm³/mol. The van der Waals surface area contributed by atoms with Gasteiger partial charge in [-0.3, -0.25) is 9.10 Å². The van der Waals surface area contributed by atoms with Crippen LogP contribution in [-0.2, 0) is 30.5 Å². The molecule has 1 aliphatic heterocycles. The van der Waals surface area contributed by atoms with E-state index in [9.17, 15) is 17.6 Å². The number of carbonyl (C=O) groups is 1. The van der Waals surface area contributed by atoms with Gasteiger partial charge in [-0.05, 0) is 88.5 Å². The van der Waals surface area contributed by atoms with Gasteiger partial charge in [-0.1, -0.05) is 12.1 Å². The van der Waals surface area contributed by atoms with Crippen LogP contribution in [0, 0.1) is 5.82 Å². The molecule has 1 aliphatic carbocycles. The number of furan rings is 1. The number of ether oxygens (including phenoxy) is 1. The summed E-state index contributed by atoms with van der Waals surface area (Å²) in [7, 11) is -3.98. The van der Waals surface area contributed by atoms with Gasteiger partial charge in [-0.25, -0.2) is 12.8 Å². The molecule has 9 nitrogen and oxygen atoms in total. The van der Waals surface area contributed by atoms with Gasteiger partial charge < -0.3 is 24.2 Å². The van der Waals surface area contributed by atoms with E-state index >= 15 is 0 Å². The number of anilines is 1. The molecule has 1 amide bonds. The molecule has 2 N–H and O–H groups in total. The summed E-state index contributed by atoms with van der Waals surface area (Å²) in [5.74, 6) is -0.485. The summed E-state index contributed by atoms with van der Waals surface area (Å²) in [5.41, 5.74) is 7.72. The van der Waals surface area contributed by atoms with Crippen LogP contribution in [0.25, 0.3) is 11.0 Å². The molecule has 2 aliphatic rings. The van der Waals surface area contributed by atoms with Gasteiger partial charge in [0, 0.05) is 24.5 Å².